The molecule has 37 heavy (non-hydrogen) atoms. The van der Waals surface area contributed by atoms with Gasteiger partial charge in [-0.2, -0.15) is 0 Å². The summed E-state index contributed by atoms with van der Waals surface area (Å²) in [6.07, 6.45) is 4.34. The van der Waals surface area contributed by atoms with E-state index in [1.54, 1.807) is 24.9 Å². The van der Waals surface area contributed by atoms with E-state index in [-0.39, 0.29) is 47.9 Å². The van der Waals surface area contributed by atoms with Crippen molar-refractivity contribution in [2.75, 3.05) is 23.7 Å². The highest BCUT2D eigenvalue weighted by molar-refractivity contribution is 6.07. The Balaban J connectivity index is 0.00000481. The molecule has 198 valence electrons. The van der Waals surface area contributed by atoms with Gasteiger partial charge in [-0.25, -0.2) is 0 Å². The number of nitrogens with zero attached hydrogens (tertiary/aromatic N) is 4. The maximum atomic E-state index is 12.8. The zero-order valence-electron chi connectivity index (χ0n) is 20.2. The maximum Gasteiger partial charge on any atom is 0.287 e. The highest BCUT2D eigenvalue weighted by Gasteiger charge is 2.20. The summed E-state index contributed by atoms with van der Waals surface area (Å²) in [6.45, 7) is 0.543. The number of carbonyl (C=O) groups excluding carboxylic acids is 3. The number of aryl methyl sites for hydroxylation is 3. The lowest BCUT2D eigenvalue weighted by atomic mass is 10.3. The van der Waals surface area contributed by atoms with Gasteiger partial charge in [-0.1, -0.05) is 0 Å². The number of carbonyl (C=O) groups is 3. The zero-order chi connectivity index (χ0) is 26.6. The molecule has 16 heteroatoms. The Bertz CT molecular complexity index is 1360. The molecule has 0 aromatic carbocycles. The molecule has 0 aliphatic rings. The first kappa shape index (κ1) is 28.4. The van der Waals surface area contributed by atoms with Crippen molar-refractivity contribution < 1.29 is 19.3 Å². The number of halogens is 1. The molecule has 3 amide bonds. The van der Waals surface area contributed by atoms with Gasteiger partial charge < -0.3 is 40.7 Å². The van der Waals surface area contributed by atoms with Gasteiger partial charge in [0.1, 0.15) is 17.1 Å². The summed E-state index contributed by atoms with van der Waals surface area (Å²) >= 11 is 0. The Morgan fingerprint density at radius 3 is 1.73 bits per heavy atom. The predicted octanol–water partition coefficient (Wildman–Crippen LogP) is 0.750. The number of nitro groups is 1. The van der Waals surface area contributed by atoms with E-state index in [9.17, 15) is 24.5 Å². The van der Waals surface area contributed by atoms with E-state index in [4.69, 9.17) is 11.1 Å². The Hall–Kier alpha value is -4.79. The van der Waals surface area contributed by atoms with E-state index in [1.165, 1.54) is 40.7 Å². The van der Waals surface area contributed by atoms with Crippen LogP contribution in [-0.4, -0.2) is 55.4 Å². The summed E-state index contributed by atoms with van der Waals surface area (Å²) in [5, 5.41) is 28.6. The van der Waals surface area contributed by atoms with Gasteiger partial charge in [-0.3, -0.25) is 29.9 Å². The van der Waals surface area contributed by atoms with Crippen molar-refractivity contribution in [2.45, 2.75) is 0 Å². The highest BCUT2D eigenvalue weighted by Crippen LogP contribution is 2.20. The molecule has 0 fully saturated rings. The minimum Gasteiger partial charge on any atom is -0.370 e. The van der Waals surface area contributed by atoms with E-state index in [0.717, 1.165) is 6.07 Å². The smallest absolute Gasteiger partial charge is 0.287 e. The van der Waals surface area contributed by atoms with Crippen LogP contribution in [0.15, 0.2) is 36.8 Å². The highest BCUT2D eigenvalue weighted by atomic mass is 35.5. The number of nitrogens with one attached hydrogen (secondary N) is 5. The molecule has 3 heterocycles. The molecule has 15 nitrogen and oxygen atoms in total. The van der Waals surface area contributed by atoms with Gasteiger partial charge in [0.15, 0.2) is 5.96 Å². The van der Waals surface area contributed by atoms with Crippen molar-refractivity contribution in [1.29, 1.82) is 5.41 Å². The summed E-state index contributed by atoms with van der Waals surface area (Å²) in [6, 6.07) is 4.14. The average Bonchev–Trinajstić information content (AvgIpc) is 3.47. The van der Waals surface area contributed by atoms with Crippen molar-refractivity contribution in [3.8, 4) is 0 Å². The van der Waals surface area contributed by atoms with Gasteiger partial charge in [-0.15, -0.1) is 12.4 Å². The Kier molecular flexibility index (Phi) is 9.04. The maximum absolute atomic E-state index is 12.8. The number of aromatic nitrogens is 3. The number of rotatable bonds is 9. The lowest BCUT2D eigenvalue weighted by molar-refractivity contribution is -0.384. The van der Waals surface area contributed by atoms with Gasteiger partial charge >= 0.3 is 0 Å². The number of amides is 3. The second-order valence-corrected chi connectivity index (χ2v) is 7.91. The van der Waals surface area contributed by atoms with Crippen LogP contribution < -0.4 is 27.0 Å². The Morgan fingerprint density at radius 2 is 1.27 bits per heavy atom. The molecule has 3 rings (SSSR count). The third kappa shape index (κ3) is 6.88. The summed E-state index contributed by atoms with van der Waals surface area (Å²) in [7, 11) is 4.79. The second kappa shape index (κ2) is 11.8. The number of hydrogen-bond acceptors (Lipinski definition) is 6. The number of guanidine groups is 1. The molecule has 0 spiro atoms. The molecule has 0 saturated heterocycles. The van der Waals surface area contributed by atoms with Crippen LogP contribution in [0.1, 0.15) is 31.5 Å². The minimum absolute atomic E-state index is 0. The van der Waals surface area contributed by atoms with Crippen LogP contribution in [0, 0.1) is 15.5 Å². The van der Waals surface area contributed by atoms with Gasteiger partial charge in [0.2, 0.25) is 0 Å². The van der Waals surface area contributed by atoms with E-state index < -0.39 is 16.7 Å². The predicted molar refractivity (Wildman–Crippen MR) is 138 cm³/mol. The summed E-state index contributed by atoms with van der Waals surface area (Å²) < 4.78 is 4.41. The molecule has 7 N–H and O–H groups in total. The normalized spacial score (nSPS) is 10.2. The molecule has 3 aromatic rings. The fourth-order valence-corrected chi connectivity index (χ4v) is 3.44. The molecular formula is C21H27ClN10O5. The minimum atomic E-state index is -0.591. The van der Waals surface area contributed by atoms with Gasteiger partial charge in [0.25, 0.3) is 23.4 Å². The van der Waals surface area contributed by atoms with Crippen LogP contribution in [-0.2, 0) is 21.1 Å². The monoisotopic (exact) mass is 534 g/mol. The largest absolute Gasteiger partial charge is 0.370 e. The third-order valence-electron chi connectivity index (χ3n) is 5.15. The lowest BCUT2D eigenvalue weighted by Crippen LogP contribution is -2.38. The van der Waals surface area contributed by atoms with Crippen molar-refractivity contribution in [3.05, 3.63) is 64.0 Å². The van der Waals surface area contributed by atoms with Crippen LogP contribution in [0.2, 0.25) is 0 Å². The van der Waals surface area contributed by atoms with E-state index in [1.807, 2.05) is 0 Å². The summed E-state index contributed by atoms with van der Waals surface area (Å²) in [5.74, 6) is -1.61. The molecule has 0 atom stereocenters. The van der Waals surface area contributed by atoms with Gasteiger partial charge in [-0.05, 0) is 12.1 Å². The summed E-state index contributed by atoms with van der Waals surface area (Å²) in [5.41, 5.74) is 6.32. The quantitative estimate of drug-likeness (QED) is 0.0762. The summed E-state index contributed by atoms with van der Waals surface area (Å²) in [4.78, 5) is 48.1. The Labute approximate surface area is 217 Å². The molecule has 0 bridgehead atoms. The molecule has 0 aliphatic heterocycles. The van der Waals surface area contributed by atoms with Gasteiger partial charge in [0, 0.05) is 52.7 Å². The Morgan fingerprint density at radius 1 is 0.838 bits per heavy atom. The molecule has 3 aromatic heterocycles. The van der Waals surface area contributed by atoms with Crippen LogP contribution >= 0.6 is 12.4 Å². The first-order chi connectivity index (χ1) is 17.0. The average molecular weight is 535 g/mol. The van der Waals surface area contributed by atoms with Crippen LogP contribution in [0.25, 0.3) is 0 Å². The standard InChI is InChI=1S/C21H26N10O5.ClH/c1-28-9-12(6-15(28)18(32)24-4-5-25-21(22)23)26-19(33)16-7-13(10-29(16)2)27-20(34)17-8-14(31(35)36)11-30(17)3;/h6-11H,4-5H2,1-3H3,(H,24,32)(H,26,33)(H,27,34)(H4,22,23,25);1H. The van der Waals surface area contributed by atoms with E-state index in [0.29, 0.717) is 23.6 Å². The molecule has 0 unspecified atom stereocenters. The van der Waals surface area contributed by atoms with Crippen molar-refractivity contribution in [1.82, 2.24) is 24.3 Å². The number of nitrogens with two attached hydrogens (primary N) is 1. The van der Waals surface area contributed by atoms with E-state index in [2.05, 4.69) is 21.3 Å². The first-order valence-electron chi connectivity index (χ1n) is 10.6. The molecule has 0 aliphatic carbocycles. The van der Waals surface area contributed by atoms with Crippen LogP contribution in [0.4, 0.5) is 17.1 Å². The van der Waals surface area contributed by atoms with Gasteiger partial charge in [0.05, 0.1) is 22.5 Å². The molecule has 0 radical (unpaired) electrons. The fourth-order valence-electron chi connectivity index (χ4n) is 3.44. The zero-order valence-corrected chi connectivity index (χ0v) is 21.0. The van der Waals surface area contributed by atoms with Crippen LogP contribution in [0.5, 0.6) is 0 Å². The first-order valence-corrected chi connectivity index (χ1v) is 10.6. The van der Waals surface area contributed by atoms with Crippen LogP contribution in [0.3, 0.4) is 0 Å². The number of anilines is 2. The van der Waals surface area contributed by atoms with Crippen molar-refractivity contribution >= 4 is 53.2 Å². The van der Waals surface area contributed by atoms with Crippen molar-refractivity contribution in [3.63, 3.8) is 0 Å². The molecule has 0 saturated carbocycles. The molecular weight excluding hydrogens is 508 g/mol. The second-order valence-electron chi connectivity index (χ2n) is 7.91. The lowest BCUT2D eigenvalue weighted by Gasteiger charge is -2.06. The third-order valence-corrected chi connectivity index (χ3v) is 5.15. The number of hydrogen-bond donors (Lipinski definition) is 6. The topological polar surface area (TPSA) is 207 Å². The van der Waals surface area contributed by atoms with E-state index >= 15 is 0 Å². The SMILES string of the molecule is Cl.Cn1cc(NC(=O)c2cc(NC(=O)c3cc([N+](=O)[O-])cn3C)cn2C)cc1C(=O)NCCNC(=N)N. The fraction of sp³-hybridized carbons (Fsp3) is 0.238. The van der Waals surface area contributed by atoms with Crippen molar-refractivity contribution in [2.24, 2.45) is 26.9 Å².